The quantitative estimate of drug-likeness (QED) is 0.826. The number of carbonyl (C=O) groups is 1. The van der Waals surface area contributed by atoms with Crippen molar-refractivity contribution in [3.05, 3.63) is 45.7 Å². The summed E-state index contributed by atoms with van der Waals surface area (Å²) in [6.07, 6.45) is 0. The van der Waals surface area contributed by atoms with Crippen LogP contribution in [-0.2, 0) is 10.0 Å². The summed E-state index contributed by atoms with van der Waals surface area (Å²) in [6.45, 7) is 2.38. The summed E-state index contributed by atoms with van der Waals surface area (Å²) < 4.78 is 27.7. The van der Waals surface area contributed by atoms with E-state index in [1.54, 1.807) is 30.3 Å². The van der Waals surface area contributed by atoms with Gasteiger partial charge in [-0.2, -0.15) is 0 Å². The highest BCUT2D eigenvalue weighted by atomic mass is 79.9. The number of carbonyl (C=O) groups excluding carboxylic acids is 1. The van der Waals surface area contributed by atoms with Gasteiger partial charge < -0.3 is 5.32 Å². The first-order chi connectivity index (χ1) is 9.92. The van der Waals surface area contributed by atoms with Crippen molar-refractivity contribution in [2.45, 2.75) is 11.1 Å². The molecule has 2 aromatic rings. The summed E-state index contributed by atoms with van der Waals surface area (Å²) in [5, 5.41) is 2.68. The minimum Gasteiger partial charge on any atom is -0.352 e. The summed E-state index contributed by atoms with van der Waals surface area (Å²) in [5.74, 6) is -0.186. The van der Waals surface area contributed by atoms with Gasteiger partial charge in [0.15, 0.2) is 0 Å². The zero-order valence-electron chi connectivity index (χ0n) is 11.1. The first-order valence-corrected chi connectivity index (χ1v) is 9.18. The molecule has 1 heterocycles. The highest BCUT2D eigenvalue weighted by Crippen LogP contribution is 2.27. The largest absolute Gasteiger partial charge is 0.352 e. The van der Waals surface area contributed by atoms with Gasteiger partial charge in [-0.05, 0) is 59.3 Å². The molecule has 0 fully saturated rings. The summed E-state index contributed by atoms with van der Waals surface area (Å²) in [7, 11) is -3.60. The molecule has 0 radical (unpaired) electrons. The van der Waals surface area contributed by atoms with Gasteiger partial charge in [-0.3, -0.25) is 9.52 Å². The molecule has 112 valence electrons. The van der Waals surface area contributed by atoms with Crippen molar-refractivity contribution in [1.82, 2.24) is 5.32 Å². The molecule has 5 nitrogen and oxygen atoms in total. The van der Waals surface area contributed by atoms with E-state index in [2.05, 4.69) is 26.0 Å². The van der Waals surface area contributed by atoms with Crippen LogP contribution >= 0.6 is 27.3 Å². The molecule has 1 aromatic heterocycles. The predicted molar refractivity (Wildman–Crippen MR) is 87.3 cm³/mol. The Morgan fingerprint density at radius 1 is 1.19 bits per heavy atom. The third kappa shape index (κ3) is 4.05. The highest BCUT2D eigenvalue weighted by molar-refractivity contribution is 9.11. The Bertz CT molecular complexity index is 739. The van der Waals surface area contributed by atoms with Crippen molar-refractivity contribution in [1.29, 1.82) is 0 Å². The predicted octanol–water partition coefficient (Wildman–Crippen LogP) is 3.06. The van der Waals surface area contributed by atoms with Gasteiger partial charge in [0.05, 0.1) is 3.79 Å². The number of benzene rings is 1. The molecule has 8 heteroatoms. The van der Waals surface area contributed by atoms with Gasteiger partial charge >= 0.3 is 0 Å². The first-order valence-electron chi connectivity index (χ1n) is 6.09. The Morgan fingerprint density at radius 2 is 1.86 bits per heavy atom. The monoisotopic (exact) mass is 388 g/mol. The molecule has 2 rings (SSSR count). The van der Waals surface area contributed by atoms with Crippen LogP contribution in [0.4, 0.5) is 5.69 Å². The fourth-order valence-electron chi connectivity index (χ4n) is 1.60. The van der Waals surface area contributed by atoms with Gasteiger partial charge in [0, 0.05) is 17.8 Å². The SMILES string of the molecule is CCNC(=O)c1ccc(NS(=O)(=O)c2ccc(Br)s2)cc1. The summed E-state index contributed by atoms with van der Waals surface area (Å²) in [4.78, 5) is 11.6. The van der Waals surface area contributed by atoms with Crippen LogP contribution in [0, 0.1) is 0 Å². The minimum absolute atomic E-state index is 0.186. The topological polar surface area (TPSA) is 75.3 Å². The third-order valence-corrected chi connectivity index (χ3v) is 6.05. The molecule has 0 aliphatic rings. The molecule has 0 saturated heterocycles. The van der Waals surface area contributed by atoms with E-state index >= 15 is 0 Å². The second-order valence-corrected chi connectivity index (χ2v) is 8.47. The van der Waals surface area contributed by atoms with Crippen LogP contribution in [-0.4, -0.2) is 20.9 Å². The summed E-state index contributed by atoms with van der Waals surface area (Å²) >= 11 is 4.36. The van der Waals surface area contributed by atoms with Crippen LogP contribution in [0.15, 0.2) is 44.4 Å². The Labute approximate surface area is 135 Å². The molecule has 21 heavy (non-hydrogen) atoms. The molecular formula is C13H13BrN2O3S2. The van der Waals surface area contributed by atoms with Crippen LogP contribution < -0.4 is 10.0 Å². The molecule has 2 N–H and O–H groups in total. The highest BCUT2D eigenvalue weighted by Gasteiger charge is 2.16. The normalized spacial score (nSPS) is 11.1. The second-order valence-electron chi connectivity index (χ2n) is 4.10. The number of anilines is 1. The number of sulfonamides is 1. The molecule has 0 saturated carbocycles. The maximum Gasteiger partial charge on any atom is 0.271 e. The van der Waals surface area contributed by atoms with E-state index in [9.17, 15) is 13.2 Å². The van der Waals surface area contributed by atoms with E-state index in [0.717, 1.165) is 15.1 Å². The van der Waals surface area contributed by atoms with Crippen LogP contribution in [0.1, 0.15) is 17.3 Å². The van der Waals surface area contributed by atoms with Crippen molar-refractivity contribution in [3.8, 4) is 0 Å². The van der Waals surface area contributed by atoms with E-state index in [4.69, 9.17) is 0 Å². The van der Waals surface area contributed by atoms with Crippen molar-refractivity contribution >= 4 is 48.9 Å². The van der Waals surface area contributed by atoms with Crippen molar-refractivity contribution < 1.29 is 13.2 Å². The smallest absolute Gasteiger partial charge is 0.271 e. The van der Waals surface area contributed by atoms with Crippen LogP contribution in [0.5, 0.6) is 0 Å². The molecule has 1 amide bonds. The molecule has 0 aliphatic heterocycles. The van der Waals surface area contributed by atoms with Crippen molar-refractivity contribution in [3.63, 3.8) is 0 Å². The second kappa shape index (κ2) is 6.59. The Kier molecular flexibility index (Phi) is 5.02. The van der Waals surface area contributed by atoms with E-state index in [-0.39, 0.29) is 10.1 Å². The van der Waals surface area contributed by atoms with E-state index in [1.807, 2.05) is 6.92 Å². The van der Waals surface area contributed by atoms with Gasteiger partial charge in [-0.1, -0.05) is 0 Å². The molecule has 1 aromatic carbocycles. The number of rotatable bonds is 5. The van der Waals surface area contributed by atoms with Crippen molar-refractivity contribution in [2.75, 3.05) is 11.3 Å². The molecule has 0 aliphatic carbocycles. The third-order valence-electron chi connectivity index (χ3n) is 2.55. The number of hydrogen-bond acceptors (Lipinski definition) is 4. The van der Waals surface area contributed by atoms with Gasteiger partial charge in [-0.25, -0.2) is 8.42 Å². The average Bonchev–Trinajstić information content (AvgIpc) is 2.87. The minimum atomic E-state index is -3.60. The molecule has 0 spiro atoms. The van der Waals surface area contributed by atoms with Crippen LogP contribution in [0.2, 0.25) is 0 Å². The fourth-order valence-corrected chi connectivity index (χ4v) is 4.67. The lowest BCUT2D eigenvalue weighted by Gasteiger charge is -2.07. The molecule has 0 atom stereocenters. The van der Waals surface area contributed by atoms with Gasteiger partial charge in [0.2, 0.25) is 0 Å². The van der Waals surface area contributed by atoms with Gasteiger partial charge in [-0.15, -0.1) is 11.3 Å². The van der Waals surface area contributed by atoms with E-state index in [0.29, 0.717) is 17.8 Å². The summed E-state index contributed by atoms with van der Waals surface area (Å²) in [6, 6.07) is 9.48. The lowest BCUT2D eigenvalue weighted by molar-refractivity contribution is 0.0956. The standard InChI is InChI=1S/C13H13BrN2O3S2/c1-2-15-13(17)9-3-5-10(6-4-9)16-21(18,19)12-8-7-11(14)20-12/h3-8,16H,2H2,1H3,(H,15,17). The van der Waals surface area contributed by atoms with Crippen molar-refractivity contribution in [2.24, 2.45) is 0 Å². The average molecular weight is 389 g/mol. The molecule has 0 bridgehead atoms. The van der Waals surface area contributed by atoms with Crippen LogP contribution in [0.25, 0.3) is 0 Å². The lowest BCUT2D eigenvalue weighted by Crippen LogP contribution is -2.22. The number of nitrogens with one attached hydrogen (secondary N) is 2. The zero-order chi connectivity index (χ0) is 15.5. The number of halogens is 1. The Morgan fingerprint density at radius 3 is 2.38 bits per heavy atom. The number of amides is 1. The first kappa shape index (κ1) is 16.0. The number of hydrogen-bond donors (Lipinski definition) is 2. The maximum atomic E-state index is 12.1. The van der Waals surface area contributed by atoms with Gasteiger partial charge in [0.25, 0.3) is 15.9 Å². The maximum absolute atomic E-state index is 12.1. The molecular weight excluding hydrogens is 376 g/mol. The lowest BCUT2D eigenvalue weighted by atomic mass is 10.2. The Balaban J connectivity index is 2.15. The Hall–Kier alpha value is -1.38. The fraction of sp³-hybridized carbons (Fsp3) is 0.154. The van der Waals surface area contributed by atoms with E-state index < -0.39 is 10.0 Å². The zero-order valence-corrected chi connectivity index (χ0v) is 14.3. The van der Waals surface area contributed by atoms with Gasteiger partial charge in [0.1, 0.15) is 4.21 Å². The van der Waals surface area contributed by atoms with Crippen LogP contribution in [0.3, 0.4) is 0 Å². The molecule has 0 unspecified atom stereocenters. The summed E-state index contributed by atoms with van der Waals surface area (Å²) in [5.41, 5.74) is 0.895. The number of thiophene rings is 1. The van der Waals surface area contributed by atoms with E-state index in [1.165, 1.54) is 6.07 Å².